The Morgan fingerprint density at radius 2 is 1.42 bits per heavy atom. The van der Waals surface area contributed by atoms with Crippen molar-refractivity contribution in [2.24, 2.45) is 45.1 Å². The molecule has 0 aromatic rings. The molecule has 1 heterocycles. The monoisotopic (exact) mass is 979 g/mol. The maximum atomic E-state index is 14.0. The van der Waals surface area contributed by atoms with Gasteiger partial charge in [0.15, 0.2) is 5.96 Å². The van der Waals surface area contributed by atoms with E-state index in [9.17, 15) is 53.4 Å². The molecule has 0 radical (unpaired) electrons. The molecule has 388 valence electrons. The summed E-state index contributed by atoms with van der Waals surface area (Å²) in [5.41, 5.74) is 38.4. The molecule has 1 saturated heterocycles. The predicted molar refractivity (Wildman–Crippen MR) is 253 cm³/mol. The van der Waals surface area contributed by atoms with Gasteiger partial charge in [-0.3, -0.25) is 43.3 Å². The number of carbonyl (C=O) groups excluding carboxylic acids is 8. The first-order valence-corrected chi connectivity index (χ1v) is 22.8. The molecule has 23 N–H and O–H groups in total. The number of carboxylic acids is 1. The number of terminal acetylenes is 1. The number of unbranched alkanes of at least 4 members (excludes halogenated alkanes) is 2. The molecule has 0 spiro atoms. The summed E-state index contributed by atoms with van der Waals surface area (Å²) in [6.45, 7) is 1.17. The van der Waals surface area contributed by atoms with E-state index in [1.807, 2.05) is 0 Å². The van der Waals surface area contributed by atoms with Crippen molar-refractivity contribution in [1.29, 1.82) is 0 Å². The zero-order chi connectivity index (χ0) is 52.1. The van der Waals surface area contributed by atoms with E-state index in [4.69, 9.17) is 46.6 Å². The van der Waals surface area contributed by atoms with Gasteiger partial charge >= 0.3 is 5.97 Å². The molecule has 8 amide bonds. The number of rotatable bonds is 33. The molecular weight excluding hydrogens is 905 g/mol. The number of hydrogen-bond donors (Lipinski definition) is 16. The standard InChI is InChI=1S/C42H74N16O11/c1-3-11-26(36(63)54-27(13-5-7-18-44)37(64)56-29(41(68)69)15-9-20-50-42(48)49)55-38(65)30-16-10-21-58(30)40(67)28(14-8-19-45)53-32(60)23-51-34(61)24(2)52-39(66)33(31(59)22-46)57-35(62)25(47)12-4-6-17-43/h1,15,24-28,30-31,33,59H,4-14,16-23,43-47H2,2H3,(H,51,61)(H,52,66)(H,53,60)(H,54,63)(H,55,65)(H,56,64)(H,57,62)(H,68,69)(H4,48,49,50)/b29-15-/t24-,25-,26-,27-,28+,30-,31?,33-/m0/s1. The summed E-state index contributed by atoms with van der Waals surface area (Å²) in [5.74, 6) is -5.82. The number of amides is 8. The quantitative estimate of drug-likeness (QED) is 0.00955. The Balaban J connectivity index is 3.07. The molecule has 0 aromatic carbocycles. The molecule has 69 heavy (non-hydrogen) atoms. The van der Waals surface area contributed by atoms with Gasteiger partial charge in [-0.2, -0.15) is 0 Å². The number of carboxylic acid groups (broad SMARTS) is 1. The van der Waals surface area contributed by atoms with Gasteiger partial charge in [-0.25, -0.2) is 4.79 Å². The Morgan fingerprint density at radius 1 is 0.783 bits per heavy atom. The maximum absolute atomic E-state index is 14.0. The molecule has 27 nitrogen and oxygen atoms in total. The van der Waals surface area contributed by atoms with Gasteiger partial charge < -0.3 is 92.5 Å². The van der Waals surface area contributed by atoms with E-state index in [1.54, 1.807) is 0 Å². The van der Waals surface area contributed by atoms with Gasteiger partial charge in [0.25, 0.3) is 0 Å². The van der Waals surface area contributed by atoms with Crippen molar-refractivity contribution in [3.63, 3.8) is 0 Å². The van der Waals surface area contributed by atoms with Crippen LogP contribution in [0.3, 0.4) is 0 Å². The first kappa shape index (κ1) is 60.6. The van der Waals surface area contributed by atoms with E-state index in [1.165, 1.54) is 17.9 Å². The highest BCUT2D eigenvalue weighted by atomic mass is 16.4. The molecule has 0 bridgehead atoms. The van der Waals surface area contributed by atoms with E-state index in [0.29, 0.717) is 38.6 Å². The van der Waals surface area contributed by atoms with Gasteiger partial charge in [-0.15, -0.1) is 12.3 Å². The van der Waals surface area contributed by atoms with Crippen LogP contribution in [0.15, 0.2) is 16.8 Å². The summed E-state index contributed by atoms with van der Waals surface area (Å²) < 4.78 is 0. The van der Waals surface area contributed by atoms with Crippen LogP contribution in [0.2, 0.25) is 0 Å². The Bertz CT molecular complexity index is 1840. The Hall–Kier alpha value is -6.44. The number of aliphatic hydroxyl groups is 1. The van der Waals surface area contributed by atoms with Crippen molar-refractivity contribution in [2.45, 2.75) is 132 Å². The van der Waals surface area contributed by atoms with Gasteiger partial charge in [0, 0.05) is 26.1 Å². The second-order valence-electron chi connectivity index (χ2n) is 16.2. The van der Waals surface area contributed by atoms with Crippen LogP contribution in [0.5, 0.6) is 0 Å². The minimum absolute atomic E-state index is 0.0410. The summed E-state index contributed by atoms with van der Waals surface area (Å²) in [6, 6.07) is -8.85. The van der Waals surface area contributed by atoms with Gasteiger partial charge in [-0.1, -0.05) is 12.5 Å². The summed E-state index contributed by atoms with van der Waals surface area (Å²) >= 11 is 0. The van der Waals surface area contributed by atoms with Crippen molar-refractivity contribution in [3.8, 4) is 12.3 Å². The van der Waals surface area contributed by atoms with Crippen molar-refractivity contribution in [2.75, 3.05) is 45.8 Å². The molecular formula is C42H74N16O11. The fraction of sp³-hybridized carbons (Fsp3) is 0.667. The smallest absolute Gasteiger partial charge is 0.352 e. The minimum Gasteiger partial charge on any atom is -0.477 e. The summed E-state index contributed by atoms with van der Waals surface area (Å²) in [5, 5.41) is 37.1. The molecule has 1 aliphatic heterocycles. The lowest BCUT2D eigenvalue weighted by atomic mass is 10.1. The van der Waals surface area contributed by atoms with E-state index in [2.05, 4.69) is 48.1 Å². The highest BCUT2D eigenvalue weighted by molar-refractivity contribution is 5.99. The molecule has 0 aromatic heterocycles. The van der Waals surface area contributed by atoms with Crippen LogP contribution in [0.25, 0.3) is 0 Å². The molecule has 1 unspecified atom stereocenters. The zero-order valence-electron chi connectivity index (χ0n) is 39.2. The van der Waals surface area contributed by atoms with E-state index in [0.717, 1.165) is 0 Å². The summed E-state index contributed by atoms with van der Waals surface area (Å²) in [4.78, 5) is 123. The Labute approximate surface area is 401 Å². The average Bonchev–Trinajstić information content (AvgIpc) is 3.81. The fourth-order valence-electron chi connectivity index (χ4n) is 6.83. The number of aliphatic hydroxyl groups excluding tert-OH is 1. The number of likely N-dealkylation sites (tertiary alicyclic amines) is 1. The number of aliphatic imine (C=N–C) groups is 1. The van der Waals surface area contributed by atoms with Crippen LogP contribution in [-0.2, 0) is 43.2 Å². The number of aliphatic carboxylic acids is 1. The zero-order valence-corrected chi connectivity index (χ0v) is 39.2. The predicted octanol–water partition coefficient (Wildman–Crippen LogP) is -7.05. The SMILES string of the molecule is C#CC[C@H](NC(=O)[C@@H]1CCCN1C(=O)[C@@H](CCCN)NC(=O)CNC(=O)[C@H](C)NC(=O)[C@@H](NC(=O)[C@@H](N)CCCCN)C(O)CN)C(=O)N[C@@H](CCCCN)C(=O)N/C(=C\CCN=C(N)N)C(=O)O. The van der Waals surface area contributed by atoms with E-state index >= 15 is 0 Å². The lowest BCUT2D eigenvalue weighted by Gasteiger charge is -2.30. The lowest BCUT2D eigenvalue weighted by Crippen LogP contribution is -2.60. The third-order valence-corrected chi connectivity index (χ3v) is 10.7. The highest BCUT2D eigenvalue weighted by Crippen LogP contribution is 2.20. The number of hydrogen-bond acceptors (Lipinski definition) is 16. The second-order valence-corrected chi connectivity index (χ2v) is 16.2. The van der Waals surface area contributed by atoms with Crippen LogP contribution >= 0.6 is 0 Å². The number of nitrogens with zero attached hydrogens (tertiary/aromatic N) is 2. The fourth-order valence-corrected chi connectivity index (χ4v) is 6.83. The van der Waals surface area contributed by atoms with E-state index < -0.39 is 120 Å². The molecule has 8 atom stereocenters. The van der Waals surface area contributed by atoms with Gasteiger partial charge in [0.05, 0.1) is 18.7 Å². The number of nitrogens with one attached hydrogen (secondary N) is 7. The molecule has 27 heteroatoms. The van der Waals surface area contributed by atoms with Crippen LogP contribution < -0.4 is 77.4 Å². The normalized spacial score (nSPS) is 16.4. The number of nitrogens with two attached hydrogens (primary N) is 7. The molecule has 1 aliphatic rings. The summed E-state index contributed by atoms with van der Waals surface area (Å²) in [6.07, 6.45) is 8.12. The van der Waals surface area contributed by atoms with Crippen LogP contribution in [0.1, 0.15) is 84.0 Å². The van der Waals surface area contributed by atoms with E-state index in [-0.39, 0.29) is 77.1 Å². The topological polar surface area (TPSA) is 476 Å². The molecule has 1 fully saturated rings. The van der Waals surface area contributed by atoms with Gasteiger partial charge in [-0.05, 0) is 90.8 Å². The van der Waals surface area contributed by atoms with Crippen LogP contribution in [-0.4, -0.2) is 169 Å². The molecule has 0 aliphatic carbocycles. The van der Waals surface area contributed by atoms with Crippen LogP contribution in [0.4, 0.5) is 0 Å². The third kappa shape index (κ3) is 22.5. The van der Waals surface area contributed by atoms with Gasteiger partial charge in [0.1, 0.15) is 41.9 Å². The molecule has 1 rings (SSSR count). The van der Waals surface area contributed by atoms with Crippen LogP contribution in [0, 0.1) is 12.3 Å². The highest BCUT2D eigenvalue weighted by Gasteiger charge is 2.39. The first-order chi connectivity index (χ1) is 32.8. The Kier molecular flexibility index (Phi) is 29.1. The minimum atomic E-state index is -1.56. The van der Waals surface area contributed by atoms with Gasteiger partial charge in [0.2, 0.25) is 47.3 Å². The summed E-state index contributed by atoms with van der Waals surface area (Å²) in [7, 11) is 0. The second kappa shape index (κ2) is 33.1. The first-order valence-electron chi connectivity index (χ1n) is 22.8. The molecule has 0 saturated carbocycles. The Morgan fingerprint density at radius 3 is 2.01 bits per heavy atom. The largest absolute Gasteiger partial charge is 0.477 e. The third-order valence-electron chi connectivity index (χ3n) is 10.7. The lowest BCUT2D eigenvalue weighted by molar-refractivity contribution is -0.142. The average molecular weight is 979 g/mol. The number of carbonyl (C=O) groups is 9. The van der Waals surface area contributed by atoms with Crippen molar-refractivity contribution >= 4 is 59.2 Å². The van der Waals surface area contributed by atoms with Crippen molar-refractivity contribution in [1.82, 2.24) is 42.1 Å². The van der Waals surface area contributed by atoms with Crippen molar-refractivity contribution < 1.29 is 53.4 Å². The maximum Gasteiger partial charge on any atom is 0.352 e. The van der Waals surface area contributed by atoms with Crippen molar-refractivity contribution in [3.05, 3.63) is 11.8 Å². The number of guanidine groups is 1.